The molecule has 0 aromatic carbocycles. The summed E-state index contributed by atoms with van der Waals surface area (Å²) in [6.07, 6.45) is 7.25. The zero-order chi connectivity index (χ0) is 15.6. The molecule has 1 aromatic rings. The monoisotopic (exact) mass is 311 g/mol. The summed E-state index contributed by atoms with van der Waals surface area (Å²) >= 11 is 6.46. The summed E-state index contributed by atoms with van der Waals surface area (Å²) < 4.78 is 2.02. The minimum Gasteiger partial charge on any atom is -0.327 e. The van der Waals surface area contributed by atoms with Crippen LogP contribution in [0.1, 0.15) is 64.3 Å². The second-order valence-electron chi connectivity index (χ2n) is 7.14. The van der Waals surface area contributed by atoms with E-state index >= 15 is 0 Å². The van der Waals surface area contributed by atoms with Crippen molar-refractivity contribution in [3.63, 3.8) is 0 Å². The lowest BCUT2D eigenvalue weighted by molar-refractivity contribution is 0.180. The molecule has 1 fully saturated rings. The summed E-state index contributed by atoms with van der Waals surface area (Å²) in [5.41, 5.74) is 9.04. The third-order valence-corrected chi connectivity index (χ3v) is 5.56. The molecule has 0 saturated heterocycles. The molecular weight excluding hydrogens is 282 g/mol. The van der Waals surface area contributed by atoms with E-state index in [1.54, 1.807) is 0 Å². The third kappa shape index (κ3) is 3.45. The molecule has 1 unspecified atom stereocenters. The predicted octanol–water partition coefficient (Wildman–Crippen LogP) is 4.34. The fourth-order valence-electron chi connectivity index (χ4n) is 4.11. The smallest absolute Gasteiger partial charge is 0.0847 e. The molecule has 0 amide bonds. The van der Waals surface area contributed by atoms with Gasteiger partial charge in [0.25, 0.3) is 0 Å². The maximum atomic E-state index is 6.70. The SMILES string of the molecule is CCn1nc(C)c(Cl)c1CC(N)C1(CC(C)C)CCCC1. The van der Waals surface area contributed by atoms with Gasteiger partial charge in [-0.3, -0.25) is 4.68 Å². The van der Waals surface area contributed by atoms with Crippen LogP contribution in [-0.2, 0) is 13.0 Å². The van der Waals surface area contributed by atoms with Gasteiger partial charge in [0.2, 0.25) is 0 Å². The standard InChI is InChI=1S/C17H30ClN3/c1-5-21-14(16(18)13(4)20-21)10-15(19)17(11-12(2)3)8-6-7-9-17/h12,15H,5-11,19H2,1-4H3. The molecule has 2 rings (SSSR count). The normalized spacial score (nSPS) is 19.4. The lowest BCUT2D eigenvalue weighted by Gasteiger charge is -2.37. The topological polar surface area (TPSA) is 43.8 Å². The van der Waals surface area contributed by atoms with Crippen molar-refractivity contribution in [2.24, 2.45) is 17.1 Å². The average Bonchev–Trinajstić information content (AvgIpc) is 2.99. The Morgan fingerprint density at radius 2 is 1.95 bits per heavy atom. The first-order chi connectivity index (χ1) is 9.89. The molecule has 2 N–H and O–H groups in total. The number of nitrogens with two attached hydrogens (primary N) is 1. The van der Waals surface area contributed by atoms with Crippen molar-refractivity contribution in [1.29, 1.82) is 0 Å². The van der Waals surface area contributed by atoms with Crippen LogP contribution < -0.4 is 5.73 Å². The number of halogens is 1. The fraction of sp³-hybridized carbons (Fsp3) is 0.824. The van der Waals surface area contributed by atoms with Crippen LogP contribution >= 0.6 is 11.6 Å². The zero-order valence-corrected chi connectivity index (χ0v) is 14.7. The summed E-state index contributed by atoms with van der Waals surface area (Å²) in [6, 6.07) is 0.182. The molecule has 0 spiro atoms. The molecule has 21 heavy (non-hydrogen) atoms. The molecule has 4 heteroatoms. The lowest BCUT2D eigenvalue weighted by Crippen LogP contribution is -2.43. The van der Waals surface area contributed by atoms with Gasteiger partial charge in [-0.2, -0.15) is 5.10 Å². The molecule has 1 aliphatic rings. The molecule has 0 radical (unpaired) electrons. The van der Waals surface area contributed by atoms with Crippen LogP contribution in [-0.4, -0.2) is 15.8 Å². The maximum absolute atomic E-state index is 6.70. The van der Waals surface area contributed by atoms with E-state index in [1.165, 1.54) is 32.1 Å². The number of aryl methyl sites for hydroxylation is 2. The molecule has 1 atom stereocenters. The summed E-state index contributed by atoms with van der Waals surface area (Å²) in [4.78, 5) is 0. The fourth-order valence-corrected chi connectivity index (χ4v) is 4.32. The zero-order valence-electron chi connectivity index (χ0n) is 14.0. The van der Waals surface area contributed by atoms with Gasteiger partial charge in [0.05, 0.1) is 16.4 Å². The van der Waals surface area contributed by atoms with Crippen LogP contribution in [0, 0.1) is 18.3 Å². The average molecular weight is 312 g/mol. The molecule has 120 valence electrons. The van der Waals surface area contributed by atoms with E-state index in [-0.39, 0.29) is 6.04 Å². The molecule has 0 aliphatic heterocycles. The molecule has 1 aromatic heterocycles. The number of hydrogen-bond donors (Lipinski definition) is 1. The van der Waals surface area contributed by atoms with E-state index in [2.05, 4.69) is 25.9 Å². The summed E-state index contributed by atoms with van der Waals surface area (Å²) in [5.74, 6) is 0.697. The number of aromatic nitrogens is 2. The minimum absolute atomic E-state index is 0.182. The van der Waals surface area contributed by atoms with Crippen LogP contribution in [0.3, 0.4) is 0 Å². The van der Waals surface area contributed by atoms with Gasteiger partial charge in [0.1, 0.15) is 0 Å². The number of hydrogen-bond acceptors (Lipinski definition) is 2. The molecule has 0 bridgehead atoms. The van der Waals surface area contributed by atoms with Gasteiger partial charge in [0.15, 0.2) is 0 Å². The van der Waals surface area contributed by atoms with Crippen molar-refractivity contribution < 1.29 is 0 Å². The van der Waals surface area contributed by atoms with Gasteiger partial charge in [-0.1, -0.05) is 38.3 Å². The highest BCUT2D eigenvalue weighted by Crippen LogP contribution is 2.46. The van der Waals surface area contributed by atoms with E-state index in [4.69, 9.17) is 17.3 Å². The predicted molar refractivity (Wildman–Crippen MR) is 89.7 cm³/mol. The minimum atomic E-state index is 0.182. The first-order valence-corrected chi connectivity index (χ1v) is 8.74. The van der Waals surface area contributed by atoms with E-state index in [1.807, 2.05) is 11.6 Å². The van der Waals surface area contributed by atoms with Crippen LogP contribution in [0.5, 0.6) is 0 Å². The molecule has 1 saturated carbocycles. The van der Waals surface area contributed by atoms with E-state index in [0.717, 1.165) is 29.4 Å². The molecule has 1 aliphatic carbocycles. The molecular formula is C17H30ClN3. The van der Waals surface area contributed by atoms with Gasteiger partial charge in [-0.15, -0.1) is 0 Å². The largest absolute Gasteiger partial charge is 0.327 e. The van der Waals surface area contributed by atoms with Gasteiger partial charge in [-0.25, -0.2) is 0 Å². The lowest BCUT2D eigenvalue weighted by atomic mass is 9.71. The Morgan fingerprint density at radius 1 is 1.33 bits per heavy atom. The van der Waals surface area contributed by atoms with Crippen molar-refractivity contribution >= 4 is 11.6 Å². The highest BCUT2D eigenvalue weighted by atomic mass is 35.5. The van der Waals surface area contributed by atoms with Crippen LogP contribution in [0.25, 0.3) is 0 Å². The van der Waals surface area contributed by atoms with Crippen LogP contribution in [0.15, 0.2) is 0 Å². The summed E-state index contributed by atoms with van der Waals surface area (Å²) in [6.45, 7) is 9.55. The quantitative estimate of drug-likeness (QED) is 0.849. The Labute approximate surface area is 134 Å². The van der Waals surface area contributed by atoms with Crippen molar-refractivity contribution in [1.82, 2.24) is 9.78 Å². The van der Waals surface area contributed by atoms with Crippen LogP contribution in [0.4, 0.5) is 0 Å². The first-order valence-electron chi connectivity index (χ1n) is 8.37. The Bertz CT molecular complexity index is 473. The van der Waals surface area contributed by atoms with Crippen molar-refractivity contribution in [3.8, 4) is 0 Å². The van der Waals surface area contributed by atoms with E-state index in [0.29, 0.717) is 11.3 Å². The second kappa shape index (κ2) is 6.70. The Morgan fingerprint density at radius 3 is 2.48 bits per heavy atom. The van der Waals surface area contributed by atoms with Gasteiger partial charge in [-0.05, 0) is 44.4 Å². The first kappa shape index (κ1) is 16.8. The Hall–Kier alpha value is -0.540. The van der Waals surface area contributed by atoms with Crippen molar-refractivity contribution in [2.45, 2.75) is 78.8 Å². The third-order valence-electron chi connectivity index (χ3n) is 5.07. The van der Waals surface area contributed by atoms with Crippen molar-refractivity contribution in [2.75, 3.05) is 0 Å². The van der Waals surface area contributed by atoms with Crippen LogP contribution in [0.2, 0.25) is 5.02 Å². The summed E-state index contributed by atoms with van der Waals surface area (Å²) in [7, 11) is 0. The molecule has 1 heterocycles. The van der Waals surface area contributed by atoms with E-state index < -0.39 is 0 Å². The van der Waals surface area contributed by atoms with Gasteiger partial charge >= 0.3 is 0 Å². The second-order valence-corrected chi connectivity index (χ2v) is 7.52. The highest BCUT2D eigenvalue weighted by Gasteiger charge is 2.40. The van der Waals surface area contributed by atoms with E-state index in [9.17, 15) is 0 Å². The Kier molecular flexibility index (Phi) is 5.37. The highest BCUT2D eigenvalue weighted by molar-refractivity contribution is 6.31. The number of rotatable bonds is 6. The van der Waals surface area contributed by atoms with Crippen molar-refractivity contribution in [3.05, 3.63) is 16.4 Å². The van der Waals surface area contributed by atoms with Gasteiger partial charge < -0.3 is 5.73 Å². The molecule has 3 nitrogen and oxygen atoms in total. The maximum Gasteiger partial charge on any atom is 0.0847 e. The number of nitrogens with zero attached hydrogens (tertiary/aromatic N) is 2. The summed E-state index contributed by atoms with van der Waals surface area (Å²) in [5, 5.41) is 5.33. The van der Waals surface area contributed by atoms with Gasteiger partial charge in [0, 0.05) is 19.0 Å². The Balaban J connectivity index is 2.21.